The average molecular weight is 455 g/mol. The SMILES string of the molecule is COc1ccc(S(=O)(=O)N(C)Cc2ccc(N3CCOCC3)cc2)cc1Br. The molecule has 2 aromatic carbocycles. The first-order valence-corrected chi connectivity index (χ1v) is 10.9. The van der Waals surface area contributed by atoms with Crippen molar-refractivity contribution >= 4 is 31.6 Å². The summed E-state index contributed by atoms with van der Waals surface area (Å²) in [6.45, 7) is 3.52. The Morgan fingerprint density at radius 3 is 2.41 bits per heavy atom. The zero-order valence-electron chi connectivity index (χ0n) is 15.4. The van der Waals surface area contributed by atoms with Gasteiger partial charge in [-0.3, -0.25) is 0 Å². The van der Waals surface area contributed by atoms with Crippen LogP contribution >= 0.6 is 15.9 Å². The monoisotopic (exact) mass is 454 g/mol. The third-order valence-electron chi connectivity index (χ3n) is 4.55. The Morgan fingerprint density at radius 2 is 1.81 bits per heavy atom. The van der Waals surface area contributed by atoms with Gasteiger partial charge >= 0.3 is 0 Å². The summed E-state index contributed by atoms with van der Waals surface area (Å²) in [6.07, 6.45) is 0. The van der Waals surface area contributed by atoms with Crippen molar-refractivity contribution in [1.82, 2.24) is 4.31 Å². The summed E-state index contributed by atoms with van der Waals surface area (Å²) in [7, 11) is -0.465. The number of hydrogen-bond donors (Lipinski definition) is 0. The minimum atomic E-state index is -3.59. The molecule has 1 aliphatic rings. The molecule has 1 fully saturated rings. The van der Waals surface area contributed by atoms with E-state index in [1.807, 2.05) is 24.3 Å². The van der Waals surface area contributed by atoms with Crippen molar-refractivity contribution in [2.24, 2.45) is 0 Å². The zero-order chi connectivity index (χ0) is 19.4. The predicted octanol–water partition coefficient (Wildman–Crippen LogP) is 3.12. The fourth-order valence-corrected chi connectivity index (χ4v) is 4.84. The van der Waals surface area contributed by atoms with E-state index < -0.39 is 10.0 Å². The number of rotatable bonds is 6. The van der Waals surface area contributed by atoms with Gasteiger partial charge in [-0.05, 0) is 51.8 Å². The number of methoxy groups -OCH3 is 1. The fraction of sp³-hybridized carbons (Fsp3) is 0.368. The first-order valence-electron chi connectivity index (χ1n) is 8.63. The van der Waals surface area contributed by atoms with Crippen molar-refractivity contribution in [2.75, 3.05) is 45.4 Å². The molecule has 8 heteroatoms. The smallest absolute Gasteiger partial charge is 0.243 e. The summed E-state index contributed by atoms with van der Waals surface area (Å²) in [5.41, 5.74) is 2.07. The topological polar surface area (TPSA) is 59.1 Å². The van der Waals surface area contributed by atoms with Gasteiger partial charge in [0.1, 0.15) is 5.75 Å². The first kappa shape index (κ1) is 20.1. The lowest BCUT2D eigenvalue weighted by atomic mass is 10.2. The Balaban J connectivity index is 1.71. The molecule has 0 aromatic heterocycles. The van der Waals surface area contributed by atoms with Gasteiger partial charge < -0.3 is 14.4 Å². The van der Waals surface area contributed by atoms with Crippen LogP contribution in [0, 0.1) is 0 Å². The second kappa shape index (κ2) is 8.60. The van der Waals surface area contributed by atoms with Crippen LogP contribution in [0.15, 0.2) is 51.8 Å². The van der Waals surface area contributed by atoms with Crippen LogP contribution in [0.25, 0.3) is 0 Å². The summed E-state index contributed by atoms with van der Waals surface area (Å²) < 4.78 is 38.2. The van der Waals surface area contributed by atoms with Crippen LogP contribution in [-0.4, -0.2) is 53.2 Å². The van der Waals surface area contributed by atoms with Gasteiger partial charge in [-0.1, -0.05) is 12.1 Å². The Labute approximate surface area is 168 Å². The van der Waals surface area contributed by atoms with Gasteiger partial charge in [0, 0.05) is 32.4 Å². The maximum atomic E-state index is 12.8. The number of hydrogen-bond acceptors (Lipinski definition) is 5. The summed E-state index contributed by atoms with van der Waals surface area (Å²) in [5.74, 6) is 0.593. The highest BCUT2D eigenvalue weighted by molar-refractivity contribution is 9.10. The quantitative estimate of drug-likeness (QED) is 0.670. The maximum absolute atomic E-state index is 12.8. The molecule has 0 amide bonds. The number of sulfonamides is 1. The summed E-state index contributed by atoms with van der Waals surface area (Å²) in [5, 5.41) is 0. The molecule has 0 atom stereocenters. The molecule has 0 unspecified atom stereocenters. The Bertz CT molecular complexity index is 881. The molecule has 27 heavy (non-hydrogen) atoms. The normalized spacial score (nSPS) is 15.2. The minimum absolute atomic E-state index is 0.225. The summed E-state index contributed by atoms with van der Waals surface area (Å²) in [4.78, 5) is 2.49. The maximum Gasteiger partial charge on any atom is 0.243 e. The molecule has 6 nitrogen and oxygen atoms in total. The Morgan fingerprint density at radius 1 is 1.15 bits per heavy atom. The lowest BCUT2D eigenvalue weighted by Gasteiger charge is -2.29. The highest BCUT2D eigenvalue weighted by Crippen LogP contribution is 2.29. The van der Waals surface area contributed by atoms with Crippen LogP contribution in [0.5, 0.6) is 5.75 Å². The molecule has 1 saturated heterocycles. The molecule has 0 radical (unpaired) electrons. The molecular formula is C19H23BrN2O4S. The number of morpholine rings is 1. The van der Waals surface area contributed by atoms with Crippen LogP contribution in [0.1, 0.15) is 5.56 Å². The van der Waals surface area contributed by atoms with E-state index >= 15 is 0 Å². The van der Waals surface area contributed by atoms with Gasteiger partial charge in [-0.25, -0.2) is 8.42 Å². The number of nitrogens with zero attached hydrogens (tertiary/aromatic N) is 2. The largest absolute Gasteiger partial charge is 0.496 e. The zero-order valence-corrected chi connectivity index (χ0v) is 17.8. The van der Waals surface area contributed by atoms with Crippen LogP contribution in [-0.2, 0) is 21.3 Å². The van der Waals surface area contributed by atoms with E-state index in [0.717, 1.165) is 37.6 Å². The van der Waals surface area contributed by atoms with E-state index in [9.17, 15) is 8.42 Å². The molecule has 0 spiro atoms. The number of halogens is 1. The molecular weight excluding hydrogens is 432 g/mol. The third-order valence-corrected chi connectivity index (χ3v) is 6.97. The van der Waals surface area contributed by atoms with Gasteiger partial charge in [0.15, 0.2) is 0 Å². The Kier molecular flexibility index (Phi) is 6.41. The molecule has 1 heterocycles. The van der Waals surface area contributed by atoms with E-state index in [0.29, 0.717) is 16.8 Å². The van der Waals surface area contributed by atoms with Crippen LogP contribution in [0.4, 0.5) is 5.69 Å². The number of anilines is 1. The van der Waals surface area contributed by atoms with E-state index in [2.05, 4.69) is 20.8 Å². The summed E-state index contributed by atoms with van der Waals surface area (Å²) >= 11 is 3.34. The van der Waals surface area contributed by atoms with E-state index in [1.54, 1.807) is 32.4 Å². The highest BCUT2D eigenvalue weighted by Gasteiger charge is 2.22. The van der Waals surface area contributed by atoms with Gasteiger partial charge in [-0.2, -0.15) is 4.31 Å². The van der Waals surface area contributed by atoms with Crippen molar-refractivity contribution in [2.45, 2.75) is 11.4 Å². The second-order valence-electron chi connectivity index (χ2n) is 6.32. The van der Waals surface area contributed by atoms with Gasteiger partial charge in [0.2, 0.25) is 10.0 Å². The van der Waals surface area contributed by atoms with Gasteiger partial charge in [0.25, 0.3) is 0 Å². The van der Waals surface area contributed by atoms with Crippen LogP contribution in [0.2, 0.25) is 0 Å². The van der Waals surface area contributed by atoms with Crippen molar-refractivity contribution in [3.05, 3.63) is 52.5 Å². The average Bonchev–Trinajstić information content (AvgIpc) is 2.69. The number of ether oxygens (including phenoxy) is 2. The molecule has 0 aliphatic carbocycles. The highest BCUT2D eigenvalue weighted by atomic mass is 79.9. The summed E-state index contributed by atoms with van der Waals surface area (Å²) in [6, 6.07) is 12.8. The molecule has 3 rings (SSSR count). The molecule has 0 bridgehead atoms. The molecule has 1 aliphatic heterocycles. The number of benzene rings is 2. The predicted molar refractivity (Wildman–Crippen MR) is 109 cm³/mol. The van der Waals surface area contributed by atoms with E-state index in [-0.39, 0.29) is 4.90 Å². The first-order chi connectivity index (χ1) is 12.9. The van der Waals surface area contributed by atoms with Gasteiger partial charge in [-0.15, -0.1) is 0 Å². The van der Waals surface area contributed by atoms with Crippen molar-refractivity contribution in [3.63, 3.8) is 0 Å². The van der Waals surface area contributed by atoms with E-state index in [1.165, 1.54) is 4.31 Å². The van der Waals surface area contributed by atoms with Crippen LogP contribution in [0.3, 0.4) is 0 Å². The minimum Gasteiger partial charge on any atom is -0.496 e. The van der Waals surface area contributed by atoms with Gasteiger partial charge in [0.05, 0.1) is 29.7 Å². The molecule has 2 aromatic rings. The molecule has 0 N–H and O–H groups in total. The van der Waals surface area contributed by atoms with Crippen molar-refractivity contribution in [1.29, 1.82) is 0 Å². The van der Waals surface area contributed by atoms with Crippen LogP contribution < -0.4 is 9.64 Å². The lowest BCUT2D eigenvalue weighted by molar-refractivity contribution is 0.122. The van der Waals surface area contributed by atoms with E-state index in [4.69, 9.17) is 9.47 Å². The fourth-order valence-electron chi connectivity index (χ4n) is 2.96. The van der Waals surface area contributed by atoms with Crippen molar-refractivity contribution in [3.8, 4) is 5.75 Å². The lowest BCUT2D eigenvalue weighted by Crippen LogP contribution is -2.36. The Hall–Kier alpha value is -1.61. The molecule has 0 saturated carbocycles. The van der Waals surface area contributed by atoms with Crippen molar-refractivity contribution < 1.29 is 17.9 Å². The third kappa shape index (κ3) is 4.63. The standard InChI is InChI=1S/C19H23BrN2O4S/c1-21(27(23,24)17-7-8-19(25-2)18(20)13-17)14-15-3-5-16(6-4-15)22-9-11-26-12-10-22/h3-8,13H,9-12,14H2,1-2H3. The molecule has 146 valence electrons. The second-order valence-corrected chi connectivity index (χ2v) is 9.22.